The monoisotopic (exact) mass is 402 g/mol. The largest absolute Gasteiger partial charge is 0.451 e. The second-order valence-corrected chi connectivity index (χ2v) is 9.01. The molecule has 2 N–H and O–H groups in total. The lowest BCUT2D eigenvalue weighted by molar-refractivity contribution is -0.155. The van der Waals surface area contributed by atoms with E-state index in [1.807, 2.05) is 0 Å². The summed E-state index contributed by atoms with van der Waals surface area (Å²) in [4.78, 5) is 36.6. The summed E-state index contributed by atoms with van der Waals surface area (Å²) in [5.41, 5.74) is -0.0247. The Morgan fingerprint density at radius 1 is 1.14 bits per heavy atom. The summed E-state index contributed by atoms with van der Waals surface area (Å²) in [6.07, 6.45) is 5.99. The first-order valence-corrected chi connectivity index (χ1v) is 10.4. The molecule has 0 unspecified atom stereocenters. The van der Waals surface area contributed by atoms with E-state index in [4.69, 9.17) is 4.74 Å². The maximum Gasteiger partial charge on any atom is 0.326 e. The molecule has 4 bridgehead atoms. The smallest absolute Gasteiger partial charge is 0.326 e. The predicted octanol–water partition coefficient (Wildman–Crippen LogP) is 2.57. The summed E-state index contributed by atoms with van der Waals surface area (Å²) in [7, 11) is 0. The Morgan fingerprint density at radius 2 is 1.76 bits per heavy atom. The average molecular weight is 402 g/mol. The molecule has 6 nitrogen and oxygen atoms in total. The maximum atomic E-state index is 13.2. The summed E-state index contributed by atoms with van der Waals surface area (Å²) >= 11 is 0. The van der Waals surface area contributed by atoms with Crippen LogP contribution < -0.4 is 10.6 Å². The number of hydrogen-bond donors (Lipinski definition) is 2. The molecule has 7 heteroatoms. The molecule has 1 aromatic rings. The van der Waals surface area contributed by atoms with Crippen LogP contribution in [0.2, 0.25) is 0 Å². The van der Waals surface area contributed by atoms with Crippen molar-refractivity contribution in [2.75, 3.05) is 6.54 Å². The van der Waals surface area contributed by atoms with Crippen molar-refractivity contribution in [2.45, 2.75) is 57.1 Å². The first-order chi connectivity index (χ1) is 13.8. The van der Waals surface area contributed by atoms with E-state index in [2.05, 4.69) is 10.6 Å². The molecular formula is C22H27FN2O4. The normalized spacial score (nSPS) is 30.5. The Bertz CT molecular complexity index is 790. The fourth-order valence-corrected chi connectivity index (χ4v) is 5.80. The summed E-state index contributed by atoms with van der Waals surface area (Å²) < 4.78 is 18.4. The molecule has 0 spiro atoms. The van der Waals surface area contributed by atoms with Crippen LogP contribution in [0.15, 0.2) is 24.3 Å². The molecule has 1 atom stereocenters. The molecule has 0 heterocycles. The molecule has 5 rings (SSSR count). The molecule has 4 aliphatic rings. The Labute approximate surface area is 169 Å². The van der Waals surface area contributed by atoms with Gasteiger partial charge < -0.3 is 15.4 Å². The van der Waals surface area contributed by atoms with Crippen molar-refractivity contribution in [1.82, 2.24) is 10.6 Å². The van der Waals surface area contributed by atoms with E-state index in [1.165, 1.54) is 37.5 Å². The van der Waals surface area contributed by atoms with E-state index in [0.717, 1.165) is 25.3 Å². The van der Waals surface area contributed by atoms with Crippen molar-refractivity contribution in [2.24, 2.45) is 17.8 Å². The number of ether oxygens (including phenoxy) is 1. The number of hydrogen-bond acceptors (Lipinski definition) is 4. The lowest BCUT2D eigenvalue weighted by Crippen LogP contribution is -2.61. The predicted molar refractivity (Wildman–Crippen MR) is 103 cm³/mol. The number of halogens is 1. The number of benzene rings is 1. The highest BCUT2D eigenvalue weighted by Crippen LogP contribution is 2.55. The van der Waals surface area contributed by atoms with Crippen LogP contribution in [-0.2, 0) is 14.3 Å². The highest BCUT2D eigenvalue weighted by atomic mass is 19.1. The first kappa shape index (κ1) is 19.9. The van der Waals surface area contributed by atoms with Gasteiger partial charge in [-0.2, -0.15) is 0 Å². The standard InChI is InChI=1S/C22H27FN2O4/c1-13(29-19(26)12-24-21(28)17-3-2-4-18(23)8-17)20(27)25-22-9-14-5-15(10-22)7-16(6-14)11-22/h2-4,8,13-16H,5-7,9-12H2,1H3,(H,24,28)(H,25,27)/t13-,14?,15?,16?,22?/m0/s1. The minimum Gasteiger partial charge on any atom is -0.451 e. The number of rotatable bonds is 6. The molecule has 2 amide bonds. The minimum absolute atomic E-state index is 0.116. The van der Waals surface area contributed by atoms with E-state index in [-0.39, 0.29) is 23.6 Å². The summed E-state index contributed by atoms with van der Waals surface area (Å²) in [5.74, 6) is 0.0225. The van der Waals surface area contributed by atoms with Crippen molar-refractivity contribution in [1.29, 1.82) is 0 Å². The highest BCUT2D eigenvalue weighted by molar-refractivity contribution is 5.96. The van der Waals surface area contributed by atoms with Gasteiger partial charge in [-0.1, -0.05) is 6.07 Å². The van der Waals surface area contributed by atoms with Crippen molar-refractivity contribution in [3.05, 3.63) is 35.6 Å². The van der Waals surface area contributed by atoms with Crippen LogP contribution in [-0.4, -0.2) is 36.0 Å². The van der Waals surface area contributed by atoms with Crippen LogP contribution >= 0.6 is 0 Å². The SMILES string of the molecule is C[C@H](OC(=O)CNC(=O)c1cccc(F)c1)C(=O)NC12CC3CC(CC(C3)C1)C2. The van der Waals surface area contributed by atoms with Crippen LogP contribution in [0.3, 0.4) is 0 Å². The maximum absolute atomic E-state index is 13.2. The van der Waals surface area contributed by atoms with Gasteiger partial charge in [-0.25, -0.2) is 4.39 Å². The van der Waals surface area contributed by atoms with Gasteiger partial charge in [0, 0.05) is 11.1 Å². The molecule has 29 heavy (non-hydrogen) atoms. The van der Waals surface area contributed by atoms with Gasteiger partial charge in [0.05, 0.1) is 0 Å². The second kappa shape index (κ2) is 7.76. The lowest BCUT2D eigenvalue weighted by atomic mass is 9.53. The van der Waals surface area contributed by atoms with E-state index in [0.29, 0.717) is 17.8 Å². The summed E-state index contributed by atoms with van der Waals surface area (Å²) in [5, 5.41) is 5.57. The van der Waals surface area contributed by atoms with Crippen LogP contribution in [0.1, 0.15) is 55.8 Å². The Hall–Kier alpha value is -2.44. The van der Waals surface area contributed by atoms with Gasteiger partial charge in [0.2, 0.25) is 0 Å². The Kier molecular flexibility index (Phi) is 5.32. The molecule has 0 aromatic heterocycles. The highest BCUT2D eigenvalue weighted by Gasteiger charge is 2.51. The van der Waals surface area contributed by atoms with Crippen LogP contribution in [0.4, 0.5) is 4.39 Å². The lowest BCUT2D eigenvalue weighted by Gasteiger charge is -2.57. The topological polar surface area (TPSA) is 84.5 Å². The zero-order chi connectivity index (χ0) is 20.6. The van der Waals surface area contributed by atoms with Gasteiger partial charge in [-0.3, -0.25) is 14.4 Å². The van der Waals surface area contributed by atoms with Crippen LogP contribution in [0.5, 0.6) is 0 Å². The molecule has 4 fully saturated rings. The van der Waals surface area contributed by atoms with Gasteiger partial charge in [0.25, 0.3) is 11.8 Å². The zero-order valence-electron chi connectivity index (χ0n) is 16.6. The third-order valence-corrected chi connectivity index (χ3v) is 6.58. The van der Waals surface area contributed by atoms with Gasteiger partial charge >= 0.3 is 5.97 Å². The fraction of sp³-hybridized carbons (Fsp3) is 0.591. The molecular weight excluding hydrogens is 375 g/mol. The Morgan fingerprint density at radius 3 is 2.34 bits per heavy atom. The van der Waals surface area contributed by atoms with Crippen molar-refractivity contribution >= 4 is 17.8 Å². The van der Waals surface area contributed by atoms with Gasteiger partial charge in [0.15, 0.2) is 6.10 Å². The van der Waals surface area contributed by atoms with E-state index < -0.39 is 23.8 Å². The first-order valence-electron chi connectivity index (χ1n) is 10.4. The van der Waals surface area contributed by atoms with E-state index in [9.17, 15) is 18.8 Å². The number of carbonyl (C=O) groups excluding carboxylic acids is 3. The van der Waals surface area contributed by atoms with E-state index in [1.54, 1.807) is 6.92 Å². The van der Waals surface area contributed by atoms with Crippen molar-refractivity contribution < 1.29 is 23.5 Å². The number of carbonyl (C=O) groups is 3. The van der Waals surface area contributed by atoms with E-state index >= 15 is 0 Å². The molecule has 0 radical (unpaired) electrons. The van der Waals surface area contributed by atoms with Crippen molar-refractivity contribution in [3.8, 4) is 0 Å². The molecule has 0 saturated heterocycles. The summed E-state index contributed by atoms with van der Waals surface area (Å²) in [6, 6.07) is 5.18. The molecule has 156 valence electrons. The number of esters is 1. The summed E-state index contributed by atoms with van der Waals surface area (Å²) in [6.45, 7) is 1.16. The number of nitrogens with one attached hydrogen (secondary N) is 2. The third-order valence-electron chi connectivity index (χ3n) is 6.58. The second-order valence-electron chi connectivity index (χ2n) is 9.01. The van der Waals surface area contributed by atoms with Crippen LogP contribution in [0, 0.1) is 23.6 Å². The zero-order valence-corrected chi connectivity index (χ0v) is 16.6. The quantitative estimate of drug-likeness (QED) is 0.717. The third kappa shape index (κ3) is 4.43. The minimum atomic E-state index is -0.929. The van der Waals surface area contributed by atoms with Crippen LogP contribution in [0.25, 0.3) is 0 Å². The van der Waals surface area contributed by atoms with Gasteiger partial charge in [-0.05, 0) is 81.4 Å². The fourth-order valence-electron chi connectivity index (χ4n) is 5.80. The number of amides is 2. The molecule has 1 aromatic carbocycles. The van der Waals surface area contributed by atoms with Gasteiger partial charge in [0.1, 0.15) is 12.4 Å². The van der Waals surface area contributed by atoms with Gasteiger partial charge in [-0.15, -0.1) is 0 Å². The Balaban J connectivity index is 1.25. The molecule has 0 aliphatic heterocycles. The average Bonchev–Trinajstić information content (AvgIpc) is 2.64. The molecule has 4 aliphatic carbocycles. The van der Waals surface area contributed by atoms with Crippen molar-refractivity contribution in [3.63, 3.8) is 0 Å². The molecule has 4 saturated carbocycles.